The summed E-state index contributed by atoms with van der Waals surface area (Å²) in [6, 6.07) is 0. The zero-order chi connectivity index (χ0) is 10.9. The lowest BCUT2D eigenvalue weighted by molar-refractivity contribution is -0.160. The highest BCUT2D eigenvalue weighted by molar-refractivity contribution is 5.80. The fraction of sp³-hybridized carbons (Fsp3) is 0.917. The number of hydrogen-bond acceptors (Lipinski definition) is 2. The summed E-state index contributed by atoms with van der Waals surface area (Å²) in [5.41, 5.74) is -0.579. The summed E-state index contributed by atoms with van der Waals surface area (Å²) < 4.78 is 0. The Morgan fingerprint density at radius 3 is 2.47 bits per heavy atom. The first kappa shape index (κ1) is 10.9. The highest BCUT2D eigenvalue weighted by atomic mass is 16.3. The van der Waals surface area contributed by atoms with Crippen molar-refractivity contribution < 1.29 is 9.90 Å². The Labute approximate surface area is 91.5 Å². The van der Waals surface area contributed by atoms with Crippen LogP contribution in [-0.4, -0.2) is 34.6 Å². The van der Waals surface area contributed by atoms with E-state index in [-0.39, 0.29) is 11.8 Å². The van der Waals surface area contributed by atoms with Gasteiger partial charge in [0.25, 0.3) is 0 Å². The molecule has 0 atom stereocenters. The van der Waals surface area contributed by atoms with Gasteiger partial charge in [0.2, 0.25) is 5.91 Å². The second kappa shape index (κ2) is 4.12. The number of likely N-dealkylation sites (tertiary alicyclic amines) is 1. The van der Waals surface area contributed by atoms with Crippen LogP contribution in [0.1, 0.15) is 45.4 Å². The second-order valence-electron chi connectivity index (χ2n) is 5.11. The Bertz CT molecular complexity index is 240. The van der Waals surface area contributed by atoms with Crippen LogP contribution in [-0.2, 0) is 4.79 Å². The number of β-amino-alcohol motifs (C(OH)–C–C–N with tert-alkyl or cyclic N) is 1. The quantitative estimate of drug-likeness (QED) is 0.753. The normalized spacial score (nSPS) is 26.1. The highest BCUT2D eigenvalue weighted by Gasteiger charge is 2.43. The molecule has 15 heavy (non-hydrogen) atoms. The Morgan fingerprint density at radius 2 is 1.93 bits per heavy atom. The van der Waals surface area contributed by atoms with E-state index in [9.17, 15) is 9.90 Å². The summed E-state index contributed by atoms with van der Waals surface area (Å²) >= 11 is 0. The van der Waals surface area contributed by atoms with Gasteiger partial charge >= 0.3 is 0 Å². The van der Waals surface area contributed by atoms with Gasteiger partial charge in [0.05, 0.1) is 18.7 Å². The molecule has 2 rings (SSSR count). The van der Waals surface area contributed by atoms with E-state index in [0.717, 1.165) is 19.3 Å². The molecule has 1 saturated heterocycles. The van der Waals surface area contributed by atoms with Crippen LogP contribution in [0.25, 0.3) is 0 Å². The Hall–Kier alpha value is -0.570. The average molecular weight is 211 g/mol. The second-order valence-corrected chi connectivity index (χ2v) is 5.11. The van der Waals surface area contributed by atoms with Crippen molar-refractivity contribution in [3.8, 4) is 0 Å². The number of nitrogens with zero attached hydrogens (tertiary/aromatic N) is 1. The van der Waals surface area contributed by atoms with Crippen LogP contribution in [0.4, 0.5) is 0 Å². The van der Waals surface area contributed by atoms with E-state index in [1.165, 1.54) is 19.3 Å². The maximum absolute atomic E-state index is 12.0. The third-order valence-electron chi connectivity index (χ3n) is 3.89. The number of hydrogen-bond donors (Lipinski definition) is 1. The molecular weight excluding hydrogens is 190 g/mol. The molecule has 1 aliphatic heterocycles. The van der Waals surface area contributed by atoms with E-state index in [1.54, 1.807) is 0 Å². The van der Waals surface area contributed by atoms with E-state index < -0.39 is 5.60 Å². The van der Waals surface area contributed by atoms with Crippen molar-refractivity contribution in [3.05, 3.63) is 0 Å². The smallest absolute Gasteiger partial charge is 0.225 e. The van der Waals surface area contributed by atoms with Gasteiger partial charge in [0.1, 0.15) is 0 Å². The van der Waals surface area contributed by atoms with Crippen LogP contribution in [0, 0.1) is 5.92 Å². The zero-order valence-corrected chi connectivity index (χ0v) is 9.54. The van der Waals surface area contributed by atoms with Crippen LogP contribution >= 0.6 is 0 Å². The third kappa shape index (κ3) is 2.17. The molecule has 1 heterocycles. The number of amides is 1. The topological polar surface area (TPSA) is 40.5 Å². The van der Waals surface area contributed by atoms with Crippen LogP contribution in [0.5, 0.6) is 0 Å². The molecule has 2 aliphatic rings. The minimum absolute atomic E-state index is 0.250. The third-order valence-corrected chi connectivity index (χ3v) is 3.89. The minimum atomic E-state index is -0.579. The molecule has 0 unspecified atom stereocenters. The highest BCUT2D eigenvalue weighted by Crippen LogP contribution is 2.30. The fourth-order valence-corrected chi connectivity index (χ4v) is 2.65. The molecule has 3 heteroatoms. The maximum Gasteiger partial charge on any atom is 0.225 e. The van der Waals surface area contributed by atoms with Gasteiger partial charge < -0.3 is 10.0 Å². The molecule has 0 radical (unpaired) electrons. The first-order valence-corrected chi connectivity index (χ1v) is 6.16. The lowest BCUT2D eigenvalue weighted by atomic mass is 9.85. The summed E-state index contributed by atoms with van der Waals surface area (Å²) in [6.45, 7) is 3.08. The van der Waals surface area contributed by atoms with Crippen molar-refractivity contribution in [2.45, 2.75) is 51.0 Å². The van der Waals surface area contributed by atoms with Gasteiger partial charge in [-0.05, 0) is 19.3 Å². The number of carbonyl (C=O) groups excluding carboxylic acids is 1. The van der Waals surface area contributed by atoms with Crippen molar-refractivity contribution in [2.24, 2.45) is 5.92 Å². The summed E-state index contributed by atoms with van der Waals surface area (Å²) in [4.78, 5) is 13.8. The van der Waals surface area contributed by atoms with Gasteiger partial charge in [-0.1, -0.05) is 26.2 Å². The first-order chi connectivity index (χ1) is 7.14. The molecule has 3 nitrogen and oxygen atoms in total. The van der Waals surface area contributed by atoms with Gasteiger partial charge in [0.15, 0.2) is 0 Å². The molecule has 0 aromatic heterocycles. The summed E-state index contributed by atoms with van der Waals surface area (Å²) in [5, 5.41) is 9.84. The zero-order valence-electron chi connectivity index (χ0n) is 9.54. The van der Waals surface area contributed by atoms with E-state index in [4.69, 9.17) is 0 Å². The average Bonchev–Trinajstić information content (AvgIpc) is 2.25. The van der Waals surface area contributed by atoms with Crippen LogP contribution in [0.2, 0.25) is 0 Å². The monoisotopic (exact) mass is 211 g/mol. The lowest BCUT2D eigenvalue weighted by Gasteiger charge is -2.47. The maximum atomic E-state index is 12.0. The first-order valence-electron chi connectivity index (χ1n) is 6.16. The molecule has 0 bridgehead atoms. The summed E-state index contributed by atoms with van der Waals surface area (Å²) in [5.74, 6) is 0.535. The predicted molar refractivity (Wildman–Crippen MR) is 58.4 cm³/mol. The standard InChI is InChI=1S/C12H21NO2/c1-2-12(15)8-13(9-12)11(14)10-6-4-3-5-7-10/h10,15H,2-9H2,1H3. The SMILES string of the molecule is CCC1(O)CN(C(=O)C2CCCCC2)C1. The Kier molecular flexibility index (Phi) is 3.01. The minimum Gasteiger partial charge on any atom is -0.386 e. The number of rotatable bonds is 2. The molecule has 1 N–H and O–H groups in total. The molecule has 1 amide bonds. The number of aliphatic hydroxyl groups is 1. The molecule has 86 valence electrons. The van der Waals surface area contributed by atoms with E-state index in [0.29, 0.717) is 13.1 Å². The van der Waals surface area contributed by atoms with Gasteiger partial charge in [0, 0.05) is 5.92 Å². The Balaban J connectivity index is 1.83. The fourth-order valence-electron chi connectivity index (χ4n) is 2.65. The number of carbonyl (C=O) groups is 1. The molecule has 0 spiro atoms. The molecule has 0 aromatic rings. The lowest BCUT2D eigenvalue weighted by Crippen LogP contribution is -2.64. The van der Waals surface area contributed by atoms with E-state index in [1.807, 2.05) is 11.8 Å². The van der Waals surface area contributed by atoms with Crippen LogP contribution in [0.3, 0.4) is 0 Å². The summed E-state index contributed by atoms with van der Waals surface area (Å²) in [7, 11) is 0. The molecule has 0 aromatic carbocycles. The van der Waals surface area contributed by atoms with Gasteiger partial charge in [-0.3, -0.25) is 4.79 Å². The van der Waals surface area contributed by atoms with Crippen molar-refractivity contribution in [1.82, 2.24) is 4.90 Å². The molecule has 1 aliphatic carbocycles. The largest absolute Gasteiger partial charge is 0.386 e. The van der Waals surface area contributed by atoms with Crippen molar-refractivity contribution in [2.75, 3.05) is 13.1 Å². The van der Waals surface area contributed by atoms with Gasteiger partial charge in [-0.25, -0.2) is 0 Å². The molecule has 1 saturated carbocycles. The van der Waals surface area contributed by atoms with Crippen LogP contribution in [0.15, 0.2) is 0 Å². The van der Waals surface area contributed by atoms with E-state index >= 15 is 0 Å². The molecular formula is C12H21NO2. The van der Waals surface area contributed by atoms with Crippen molar-refractivity contribution in [1.29, 1.82) is 0 Å². The van der Waals surface area contributed by atoms with E-state index in [2.05, 4.69) is 0 Å². The van der Waals surface area contributed by atoms with Crippen molar-refractivity contribution in [3.63, 3.8) is 0 Å². The van der Waals surface area contributed by atoms with Crippen molar-refractivity contribution >= 4 is 5.91 Å². The Morgan fingerprint density at radius 1 is 1.33 bits per heavy atom. The molecule has 2 fully saturated rings. The predicted octanol–water partition coefficient (Wildman–Crippen LogP) is 1.55. The van der Waals surface area contributed by atoms with Crippen LogP contribution < -0.4 is 0 Å². The van der Waals surface area contributed by atoms with Gasteiger partial charge in [-0.2, -0.15) is 0 Å². The van der Waals surface area contributed by atoms with Gasteiger partial charge in [-0.15, -0.1) is 0 Å². The summed E-state index contributed by atoms with van der Waals surface area (Å²) in [6.07, 6.45) is 6.54.